The molecule has 0 atom stereocenters. The van der Waals surface area contributed by atoms with Gasteiger partial charge in [-0.2, -0.15) is 10.2 Å². The molecule has 0 radical (unpaired) electrons. The number of aromatic carboxylic acids is 1. The molecule has 0 aromatic carbocycles. The quantitative estimate of drug-likeness (QED) is 0.850. The Bertz CT molecular complexity index is 498. The highest BCUT2D eigenvalue weighted by atomic mass is 35.5. The van der Waals surface area contributed by atoms with Crippen LogP contribution >= 0.6 is 12.4 Å². The number of carboxylic acid groups (broad SMARTS) is 1. The number of hydrogen-bond acceptors (Lipinski definition) is 4. The molecule has 2 heterocycles. The van der Waals surface area contributed by atoms with Gasteiger partial charge in [0, 0.05) is 5.69 Å². The van der Waals surface area contributed by atoms with Crippen LogP contribution in [0.5, 0.6) is 0 Å². The summed E-state index contributed by atoms with van der Waals surface area (Å²) in [5, 5.41) is 16.7. The summed E-state index contributed by atoms with van der Waals surface area (Å²) >= 11 is 0. The van der Waals surface area contributed by atoms with Crippen molar-refractivity contribution >= 4 is 18.4 Å². The van der Waals surface area contributed by atoms with E-state index in [9.17, 15) is 4.79 Å². The predicted octanol–water partition coefficient (Wildman–Crippen LogP) is 1.09. The average Bonchev–Trinajstić information content (AvgIpc) is 2.70. The molecule has 84 valence electrons. The number of hydrogen-bond donors (Lipinski definition) is 1. The van der Waals surface area contributed by atoms with Crippen LogP contribution in [0, 0.1) is 6.92 Å². The van der Waals surface area contributed by atoms with Crippen LogP contribution < -0.4 is 0 Å². The second-order valence-corrected chi connectivity index (χ2v) is 2.94. The van der Waals surface area contributed by atoms with Gasteiger partial charge in [0.2, 0.25) is 0 Å². The van der Waals surface area contributed by atoms with Crippen molar-refractivity contribution in [1.82, 2.24) is 20.0 Å². The largest absolute Gasteiger partial charge is 0.476 e. The number of carboxylic acids is 1. The van der Waals surface area contributed by atoms with E-state index in [0.717, 1.165) is 0 Å². The van der Waals surface area contributed by atoms with Crippen LogP contribution in [0.25, 0.3) is 5.69 Å². The minimum absolute atomic E-state index is 0. The lowest BCUT2D eigenvalue weighted by atomic mass is 10.2. The zero-order valence-corrected chi connectivity index (χ0v) is 9.18. The number of rotatable bonds is 2. The predicted molar refractivity (Wildman–Crippen MR) is 58.1 cm³/mol. The van der Waals surface area contributed by atoms with E-state index >= 15 is 0 Å². The molecule has 0 unspecified atom stereocenters. The Kier molecular flexibility index (Phi) is 3.57. The molecule has 0 aliphatic rings. The van der Waals surface area contributed by atoms with E-state index in [1.165, 1.54) is 17.2 Å². The molecule has 0 spiro atoms. The molecule has 2 aromatic heterocycles. The lowest BCUT2D eigenvalue weighted by Crippen LogP contribution is -2.10. The molecule has 16 heavy (non-hydrogen) atoms. The Morgan fingerprint density at radius 1 is 1.31 bits per heavy atom. The lowest BCUT2D eigenvalue weighted by molar-refractivity contribution is 0.0690. The summed E-state index contributed by atoms with van der Waals surface area (Å²) in [6, 6.07) is 3.34. The molecule has 0 fully saturated rings. The zero-order valence-electron chi connectivity index (χ0n) is 8.36. The summed E-state index contributed by atoms with van der Waals surface area (Å²) in [7, 11) is 0. The normalized spacial score (nSPS) is 9.56. The molecule has 0 aliphatic carbocycles. The summed E-state index contributed by atoms with van der Waals surface area (Å²) in [4.78, 5) is 16.1. The van der Waals surface area contributed by atoms with Gasteiger partial charge < -0.3 is 5.11 Å². The van der Waals surface area contributed by atoms with Gasteiger partial charge in [0.1, 0.15) is 5.69 Å². The van der Waals surface area contributed by atoms with Crippen molar-refractivity contribution in [2.75, 3.05) is 0 Å². The van der Waals surface area contributed by atoms with Gasteiger partial charge in [-0.1, -0.05) is 0 Å². The maximum absolute atomic E-state index is 10.9. The van der Waals surface area contributed by atoms with E-state index in [-0.39, 0.29) is 18.1 Å². The number of nitrogens with zero attached hydrogens (tertiary/aromatic N) is 4. The first-order chi connectivity index (χ1) is 7.18. The van der Waals surface area contributed by atoms with Crippen LogP contribution in [0.3, 0.4) is 0 Å². The number of aryl methyl sites for hydroxylation is 1. The van der Waals surface area contributed by atoms with Crippen molar-refractivity contribution < 1.29 is 9.90 Å². The van der Waals surface area contributed by atoms with E-state index in [2.05, 4.69) is 15.2 Å². The molecule has 2 aromatic rings. The maximum atomic E-state index is 10.9. The summed E-state index contributed by atoms with van der Waals surface area (Å²) in [5.74, 6) is -1.09. The third kappa shape index (κ3) is 2.17. The van der Waals surface area contributed by atoms with Gasteiger partial charge in [0.15, 0.2) is 5.69 Å². The first-order valence-electron chi connectivity index (χ1n) is 4.26. The Morgan fingerprint density at radius 3 is 2.50 bits per heavy atom. The van der Waals surface area contributed by atoms with Crippen molar-refractivity contribution in [2.24, 2.45) is 0 Å². The first kappa shape index (κ1) is 12.1. The van der Waals surface area contributed by atoms with E-state index in [1.807, 2.05) is 0 Å². The van der Waals surface area contributed by atoms with Crippen molar-refractivity contribution in [3.63, 3.8) is 0 Å². The summed E-state index contributed by atoms with van der Waals surface area (Å²) in [6.45, 7) is 1.73. The highest BCUT2D eigenvalue weighted by Gasteiger charge is 2.14. The monoisotopic (exact) mass is 240 g/mol. The van der Waals surface area contributed by atoms with Gasteiger partial charge in [-0.3, -0.25) is 0 Å². The zero-order chi connectivity index (χ0) is 10.8. The number of carbonyl (C=O) groups is 1. The van der Waals surface area contributed by atoms with Crippen LogP contribution in [-0.4, -0.2) is 31.1 Å². The van der Waals surface area contributed by atoms with Crippen LogP contribution in [-0.2, 0) is 0 Å². The fourth-order valence-electron chi connectivity index (χ4n) is 1.21. The smallest absolute Gasteiger partial charge is 0.356 e. The standard InChI is InChI=1S/C9H8N4O2.ClH/c1-6-2-3-7(8(12-6)9(14)15)13-10-4-5-11-13;/h2-5H,1H3,(H,14,15);1H. The van der Waals surface area contributed by atoms with Crippen LogP contribution in [0.15, 0.2) is 24.5 Å². The second kappa shape index (κ2) is 4.71. The molecule has 6 nitrogen and oxygen atoms in total. The Morgan fingerprint density at radius 2 is 1.94 bits per heavy atom. The van der Waals surface area contributed by atoms with Gasteiger partial charge in [0.25, 0.3) is 0 Å². The average molecular weight is 241 g/mol. The minimum atomic E-state index is -1.09. The highest BCUT2D eigenvalue weighted by molar-refractivity contribution is 5.89. The topological polar surface area (TPSA) is 80.9 Å². The van der Waals surface area contributed by atoms with Crippen LogP contribution in [0.2, 0.25) is 0 Å². The summed E-state index contributed by atoms with van der Waals surface area (Å²) < 4.78 is 0. The SMILES string of the molecule is Cc1ccc(-n2nccn2)c(C(=O)O)n1.Cl. The summed E-state index contributed by atoms with van der Waals surface area (Å²) in [6.07, 6.45) is 2.96. The van der Waals surface area contributed by atoms with Crippen LogP contribution in [0.1, 0.15) is 16.2 Å². The Labute approximate surface area is 97.3 Å². The van der Waals surface area contributed by atoms with Crippen molar-refractivity contribution in [2.45, 2.75) is 6.92 Å². The van der Waals surface area contributed by atoms with E-state index in [1.54, 1.807) is 19.1 Å². The van der Waals surface area contributed by atoms with Crippen molar-refractivity contribution in [3.05, 3.63) is 35.9 Å². The third-order valence-corrected chi connectivity index (χ3v) is 1.85. The molecule has 1 N–H and O–H groups in total. The van der Waals surface area contributed by atoms with Gasteiger partial charge in [-0.15, -0.1) is 17.2 Å². The Balaban J connectivity index is 0.00000128. The third-order valence-electron chi connectivity index (χ3n) is 1.85. The fourth-order valence-corrected chi connectivity index (χ4v) is 1.21. The number of pyridine rings is 1. The molecule has 0 amide bonds. The number of halogens is 1. The van der Waals surface area contributed by atoms with Gasteiger partial charge in [-0.25, -0.2) is 9.78 Å². The maximum Gasteiger partial charge on any atom is 0.356 e. The van der Waals surface area contributed by atoms with Gasteiger partial charge in [0.05, 0.1) is 12.4 Å². The fraction of sp³-hybridized carbons (Fsp3) is 0.111. The minimum Gasteiger partial charge on any atom is -0.476 e. The van der Waals surface area contributed by atoms with E-state index in [0.29, 0.717) is 11.4 Å². The van der Waals surface area contributed by atoms with Crippen molar-refractivity contribution in [3.8, 4) is 5.69 Å². The lowest BCUT2D eigenvalue weighted by Gasteiger charge is -2.04. The first-order valence-corrected chi connectivity index (χ1v) is 4.26. The molecular formula is C9H9ClN4O2. The highest BCUT2D eigenvalue weighted by Crippen LogP contribution is 2.10. The van der Waals surface area contributed by atoms with Gasteiger partial charge in [-0.05, 0) is 19.1 Å². The Hall–Kier alpha value is -1.95. The van der Waals surface area contributed by atoms with E-state index in [4.69, 9.17) is 5.11 Å². The summed E-state index contributed by atoms with van der Waals surface area (Å²) in [5.41, 5.74) is 0.951. The van der Waals surface area contributed by atoms with Gasteiger partial charge >= 0.3 is 5.97 Å². The molecule has 0 saturated heterocycles. The second-order valence-electron chi connectivity index (χ2n) is 2.94. The molecule has 0 aliphatic heterocycles. The van der Waals surface area contributed by atoms with Crippen LogP contribution in [0.4, 0.5) is 0 Å². The van der Waals surface area contributed by atoms with Crippen molar-refractivity contribution in [1.29, 1.82) is 0 Å². The molecule has 7 heteroatoms. The molecule has 0 saturated carbocycles. The molecule has 2 rings (SSSR count). The van der Waals surface area contributed by atoms with E-state index < -0.39 is 5.97 Å². The molecular weight excluding hydrogens is 232 g/mol. The number of aromatic nitrogens is 4. The molecule has 0 bridgehead atoms.